The number of nitrogens with two attached hydrogens (primary N) is 1. The number of ether oxygens (including phenoxy) is 1. The first-order valence-electron chi connectivity index (χ1n) is 6.75. The van der Waals surface area contributed by atoms with Gasteiger partial charge in [-0.1, -0.05) is 12.2 Å². The van der Waals surface area contributed by atoms with Crippen LogP contribution in [0, 0.1) is 11.6 Å². The van der Waals surface area contributed by atoms with E-state index in [-0.39, 0.29) is 28.4 Å². The number of rotatable bonds is 2. The van der Waals surface area contributed by atoms with Gasteiger partial charge in [-0.05, 0) is 31.4 Å². The number of fused-ring (bicyclic) bond motifs is 1. The highest BCUT2D eigenvalue weighted by molar-refractivity contribution is 7.80. The Balaban J connectivity index is 1.99. The summed E-state index contributed by atoms with van der Waals surface area (Å²) >= 11 is 4.77. The third-order valence-corrected chi connectivity index (χ3v) is 4.31. The Morgan fingerprint density at radius 2 is 2.00 bits per heavy atom. The van der Waals surface area contributed by atoms with Gasteiger partial charge in [-0.15, -0.1) is 0 Å². The Bertz CT molecular complexity index is 529. The maximum absolute atomic E-state index is 14.3. The second-order valence-electron chi connectivity index (χ2n) is 5.25. The molecule has 1 heterocycles. The highest BCUT2D eigenvalue weighted by Crippen LogP contribution is 2.35. The van der Waals surface area contributed by atoms with Crippen LogP contribution in [-0.4, -0.2) is 30.3 Å². The molecule has 1 saturated heterocycles. The third kappa shape index (κ3) is 2.27. The maximum atomic E-state index is 14.3. The largest absolute Gasteiger partial charge is 0.389 e. The maximum Gasteiger partial charge on any atom is 0.150 e. The van der Waals surface area contributed by atoms with Gasteiger partial charge >= 0.3 is 0 Å². The molecule has 0 radical (unpaired) electrons. The van der Waals surface area contributed by atoms with Crippen molar-refractivity contribution in [1.29, 1.82) is 0 Å². The molecule has 2 aliphatic rings. The van der Waals surface area contributed by atoms with Crippen LogP contribution in [0.2, 0.25) is 0 Å². The average molecular weight is 298 g/mol. The fourth-order valence-corrected chi connectivity index (χ4v) is 3.30. The lowest BCUT2D eigenvalue weighted by Crippen LogP contribution is -2.49. The van der Waals surface area contributed by atoms with Gasteiger partial charge in [0, 0.05) is 12.1 Å². The Morgan fingerprint density at radius 1 is 1.30 bits per heavy atom. The highest BCUT2D eigenvalue weighted by atomic mass is 32.1. The summed E-state index contributed by atoms with van der Waals surface area (Å²) in [4.78, 5) is 1.80. The Kier molecular flexibility index (Phi) is 3.60. The summed E-state index contributed by atoms with van der Waals surface area (Å²) in [6.45, 7) is 0.999. The minimum atomic E-state index is -0.611. The van der Waals surface area contributed by atoms with Gasteiger partial charge in [-0.25, -0.2) is 8.78 Å². The van der Waals surface area contributed by atoms with E-state index in [2.05, 4.69) is 0 Å². The number of nitrogens with zero attached hydrogens (tertiary/aromatic N) is 1. The van der Waals surface area contributed by atoms with Gasteiger partial charge in [0.25, 0.3) is 0 Å². The average Bonchev–Trinajstić information content (AvgIpc) is 2.86. The molecule has 20 heavy (non-hydrogen) atoms. The topological polar surface area (TPSA) is 38.5 Å². The molecule has 108 valence electrons. The summed E-state index contributed by atoms with van der Waals surface area (Å²) in [5, 5.41) is 0. The summed E-state index contributed by atoms with van der Waals surface area (Å²) in [6, 6.07) is 2.48. The zero-order valence-corrected chi connectivity index (χ0v) is 11.8. The minimum absolute atomic E-state index is 0.00456. The number of anilines is 1. The molecule has 2 fully saturated rings. The number of morpholine rings is 1. The summed E-state index contributed by atoms with van der Waals surface area (Å²) in [7, 11) is 0. The van der Waals surface area contributed by atoms with Crippen LogP contribution in [0.15, 0.2) is 12.1 Å². The van der Waals surface area contributed by atoms with Crippen molar-refractivity contribution < 1.29 is 13.5 Å². The van der Waals surface area contributed by atoms with E-state index in [0.29, 0.717) is 13.2 Å². The number of benzene rings is 1. The standard InChI is InChI=1S/C14H16F2N2OS/c15-9-6-8(14(17)20)7-10(16)13(9)18-4-5-19-12-3-1-2-11(12)18/h6-7,11-12H,1-5H2,(H2,17,20). The molecule has 1 aromatic rings. The molecule has 2 unspecified atom stereocenters. The molecular weight excluding hydrogens is 282 g/mol. The van der Waals surface area contributed by atoms with E-state index < -0.39 is 11.6 Å². The minimum Gasteiger partial charge on any atom is -0.389 e. The van der Waals surface area contributed by atoms with Crippen LogP contribution in [-0.2, 0) is 4.74 Å². The SMILES string of the molecule is NC(=S)c1cc(F)c(N2CCOC3CCCC32)c(F)c1. The van der Waals surface area contributed by atoms with Crippen LogP contribution in [0.25, 0.3) is 0 Å². The normalized spacial score (nSPS) is 25.6. The number of halogens is 2. The van der Waals surface area contributed by atoms with Gasteiger partial charge in [0.05, 0.1) is 18.8 Å². The first-order valence-corrected chi connectivity index (χ1v) is 7.16. The number of thiocarbonyl (C=S) groups is 1. The Morgan fingerprint density at radius 3 is 2.65 bits per heavy atom. The van der Waals surface area contributed by atoms with E-state index in [4.69, 9.17) is 22.7 Å². The Hall–Kier alpha value is -1.27. The molecule has 1 aromatic carbocycles. The molecule has 0 spiro atoms. The zero-order valence-electron chi connectivity index (χ0n) is 10.9. The van der Waals surface area contributed by atoms with Gasteiger partial charge in [0.15, 0.2) is 0 Å². The quantitative estimate of drug-likeness (QED) is 0.851. The molecule has 6 heteroatoms. The lowest BCUT2D eigenvalue weighted by atomic mass is 10.1. The van der Waals surface area contributed by atoms with Crippen LogP contribution in [0.4, 0.5) is 14.5 Å². The van der Waals surface area contributed by atoms with Crippen LogP contribution < -0.4 is 10.6 Å². The van der Waals surface area contributed by atoms with E-state index in [1.165, 1.54) is 12.1 Å². The zero-order chi connectivity index (χ0) is 14.3. The van der Waals surface area contributed by atoms with Gasteiger partial charge in [-0.2, -0.15) is 0 Å². The summed E-state index contributed by atoms with van der Waals surface area (Å²) in [5.41, 5.74) is 5.67. The fraction of sp³-hybridized carbons (Fsp3) is 0.500. The van der Waals surface area contributed by atoms with Crippen LogP contribution in [0.1, 0.15) is 24.8 Å². The predicted molar refractivity (Wildman–Crippen MR) is 77.0 cm³/mol. The molecule has 2 N–H and O–H groups in total. The van der Waals surface area contributed by atoms with Crippen molar-refractivity contribution in [3.63, 3.8) is 0 Å². The van der Waals surface area contributed by atoms with Gasteiger partial charge < -0.3 is 15.4 Å². The second-order valence-corrected chi connectivity index (χ2v) is 5.69. The van der Waals surface area contributed by atoms with Crippen molar-refractivity contribution in [3.8, 4) is 0 Å². The van der Waals surface area contributed by atoms with Crippen molar-refractivity contribution >= 4 is 22.9 Å². The van der Waals surface area contributed by atoms with Crippen molar-refractivity contribution in [2.24, 2.45) is 5.73 Å². The first kappa shape index (κ1) is 13.7. The van der Waals surface area contributed by atoms with Crippen molar-refractivity contribution in [2.45, 2.75) is 31.4 Å². The summed E-state index contributed by atoms with van der Waals surface area (Å²) in [5.74, 6) is -1.22. The molecule has 1 aliphatic heterocycles. The van der Waals surface area contributed by atoms with E-state index in [0.717, 1.165) is 19.3 Å². The van der Waals surface area contributed by atoms with Gasteiger partial charge in [-0.3, -0.25) is 0 Å². The molecule has 0 amide bonds. The molecule has 2 atom stereocenters. The van der Waals surface area contributed by atoms with Crippen LogP contribution in [0.3, 0.4) is 0 Å². The highest BCUT2D eigenvalue weighted by Gasteiger charge is 2.38. The molecule has 3 rings (SSSR count). The molecule has 1 saturated carbocycles. The van der Waals surface area contributed by atoms with Crippen LogP contribution >= 0.6 is 12.2 Å². The molecular formula is C14H16F2N2OS. The van der Waals surface area contributed by atoms with Crippen LogP contribution in [0.5, 0.6) is 0 Å². The fourth-order valence-electron chi connectivity index (χ4n) is 3.19. The number of hydrogen-bond acceptors (Lipinski definition) is 3. The van der Waals surface area contributed by atoms with Crippen molar-refractivity contribution in [3.05, 3.63) is 29.3 Å². The molecule has 0 bridgehead atoms. The number of hydrogen-bond donors (Lipinski definition) is 1. The smallest absolute Gasteiger partial charge is 0.150 e. The Labute approximate surface area is 121 Å². The molecule has 3 nitrogen and oxygen atoms in total. The van der Waals surface area contributed by atoms with Crippen molar-refractivity contribution in [2.75, 3.05) is 18.1 Å². The molecule has 0 aromatic heterocycles. The van der Waals surface area contributed by atoms with E-state index in [1.54, 1.807) is 4.90 Å². The second kappa shape index (κ2) is 5.26. The third-order valence-electron chi connectivity index (χ3n) is 4.07. The summed E-state index contributed by atoms with van der Waals surface area (Å²) < 4.78 is 34.2. The lowest BCUT2D eigenvalue weighted by molar-refractivity contribution is 0.0251. The first-order chi connectivity index (χ1) is 9.58. The van der Waals surface area contributed by atoms with Crippen molar-refractivity contribution in [1.82, 2.24) is 0 Å². The van der Waals surface area contributed by atoms with Gasteiger partial charge in [0.2, 0.25) is 0 Å². The predicted octanol–water partition coefficient (Wildman–Crippen LogP) is 2.36. The van der Waals surface area contributed by atoms with E-state index >= 15 is 0 Å². The summed E-state index contributed by atoms with van der Waals surface area (Å²) in [6.07, 6.45) is 2.97. The lowest BCUT2D eigenvalue weighted by Gasteiger charge is -2.39. The van der Waals surface area contributed by atoms with E-state index in [1.807, 2.05) is 0 Å². The monoisotopic (exact) mass is 298 g/mol. The molecule has 1 aliphatic carbocycles. The van der Waals surface area contributed by atoms with E-state index in [9.17, 15) is 8.78 Å². The van der Waals surface area contributed by atoms with Gasteiger partial charge in [0.1, 0.15) is 22.3 Å².